The number of unbranched alkanes of at least 4 members (excludes halogenated alkanes) is 1. The normalized spacial score (nSPS) is 17.1. The number of ether oxygens (including phenoxy) is 2. The molecular formula is C17H25NO3. The average Bonchev–Trinajstić information content (AvgIpc) is 3.33. The molecule has 0 radical (unpaired) electrons. The van der Waals surface area contributed by atoms with E-state index >= 15 is 0 Å². The maximum absolute atomic E-state index is 12.4. The molecule has 116 valence electrons. The molecule has 0 spiro atoms. The van der Waals surface area contributed by atoms with Gasteiger partial charge in [-0.3, -0.25) is 4.79 Å². The minimum Gasteiger partial charge on any atom is -0.494 e. The molecule has 1 fully saturated rings. The summed E-state index contributed by atoms with van der Waals surface area (Å²) in [7, 11) is 1.60. The number of benzene rings is 1. The number of carbonyl (C=O) groups excluding carboxylic acids is 1. The van der Waals surface area contributed by atoms with Crippen molar-refractivity contribution in [3.05, 3.63) is 24.3 Å². The second-order valence-electron chi connectivity index (χ2n) is 5.77. The smallest absolute Gasteiger partial charge is 0.256 e. The molecule has 0 aromatic heterocycles. The Morgan fingerprint density at radius 3 is 2.52 bits per heavy atom. The number of carbonyl (C=O) groups is 1. The molecule has 1 aromatic rings. The SMILES string of the molecule is CCCCOc1ccc(NC(=O)[C@@](C)(OC)C2CC2)cc1. The Bertz CT molecular complexity index is 467. The van der Waals surface area contributed by atoms with Crippen LogP contribution in [0.15, 0.2) is 24.3 Å². The van der Waals surface area contributed by atoms with E-state index in [1.54, 1.807) is 7.11 Å². The van der Waals surface area contributed by atoms with Crippen molar-refractivity contribution in [1.82, 2.24) is 0 Å². The van der Waals surface area contributed by atoms with Gasteiger partial charge >= 0.3 is 0 Å². The van der Waals surface area contributed by atoms with Crippen LogP contribution in [0.4, 0.5) is 5.69 Å². The van der Waals surface area contributed by atoms with Gasteiger partial charge in [0, 0.05) is 12.8 Å². The maximum atomic E-state index is 12.4. The molecule has 1 N–H and O–H groups in total. The fourth-order valence-corrected chi connectivity index (χ4v) is 2.30. The summed E-state index contributed by atoms with van der Waals surface area (Å²) in [5, 5.41) is 2.93. The summed E-state index contributed by atoms with van der Waals surface area (Å²) in [5.74, 6) is 1.09. The van der Waals surface area contributed by atoms with Crippen LogP contribution in [0.3, 0.4) is 0 Å². The first-order valence-corrected chi connectivity index (χ1v) is 7.69. The molecule has 21 heavy (non-hydrogen) atoms. The highest BCUT2D eigenvalue weighted by atomic mass is 16.5. The molecule has 1 saturated carbocycles. The Balaban J connectivity index is 1.92. The first kappa shape index (κ1) is 15.8. The van der Waals surface area contributed by atoms with E-state index in [2.05, 4.69) is 12.2 Å². The lowest BCUT2D eigenvalue weighted by molar-refractivity contribution is -0.138. The Kier molecular flexibility index (Phi) is 5.23. The summed E-state index contributed by atoms with van der Waals surface area (Å²) in [6, 6.07) is 7.49. The number of rotatable bonds is 8. The monoisotopic (exact) mass is 291 g/mol. The van der Waals surface area contributed by atoms with Gasteiger partial charge in [-0.25, -0.2) is 0 Å². The number of hydrogen-bond acceptors (Lipinski definition) is 3. The van der Waals surface area contributed by atoms with Crippen LogP contribution in [0.25, 0.3) is 0 Å². The van der Waals surface area contributed by atoms with E-state index in [0.717, 1.165) is 43.7 Å². The minimum atomic E-state index is -0.726. The van der Waals surface area contributed by atoms with E-state index in [-0.39, 0.29) is 5.91 Å². The van der Waals surface area contributed by atoms with Gasteiger partial charge in [0.25, 0.3) is 5.91 Å². The Morgan fingerprint density at radius 1 is 1.33 bits per heavy atom. The van der Waals surface area contributed by atoms with Gasteiger partial charge < -0.3 is 14.8 Å². The predicted octanol–water partition coefficient (Wildman–Crippen LogP) is 3.62. The lowest BCUT2D eigenvalue weighted by Gasteiger charge is -2.26. The number of nitrogens with one attached hydrogen (secondary N) is 1. The van der Waals surface area contributed by atoms with Gasteiger partial charge in [0.2, 0.25) is 0 Å². The van der Waals surface area contributed by atoms with Crippen molar-refractivity contribution >= 4 is 11.6 Å². The van der Waals surface area contributed by atoms with E-state index in [9.17, 15) is 4.79 Å². The maximum Gasteiger partial charge on any atom is 0.256 e. The van der Waals surface area contributed by atoms with Gasteiger partial charge in [-0.05, 0) is 56.4 Å². The minimum absolute atomic E-state index is 0.0767. The summed E-state index contributed by atoms with van der Waals surface area (Å²) in [6.45, 7) is 4.72. The molecule has 1 atom stereocenters. The van der Waals surface area contributed by atoms with Crippen molar-refractivity contribution in [1.29, 1.82) is 0 Å². The number of anilines is 1. The van der Waals surface area contributed by atoms with Crippen molar-refractivity contribution in [2.75, 3.05) is 19.0 Å². The third kappa shape index (κ3) is 3.97. The highest BCUT2D eigenvalue weighted by Crippen LogP contribution is 2.42. The molecular weight excluding hydrogens is 266 g/mol. The Morgan fingerprint density at radius 2 is 2.00 bits per heavy atom. The molecule has 0 saturated heterocycles. The molecule has 0 bridgehead atoms. The van der Waals surface area contributed by atoms with Crippen LogP contribution < -0.4 is 10.1 Å². The second kappa shape index (κ2) is 6.94. The molecule has 1 amide bonds. The summed E-state index contributed by atoms with van der Waals surface area (Å²) in [5.41, 5.74) is 0.0443. The first-order valence-electron chi connectivity index (χ1n) is 7.69. The standard InChI is InChI=1S/C17H25NO3/c1-4-5-12-21-15-10-8-14(9-11-15)18-16(19)17(2,20-3)13-6-7-13/h8-11,13H,4-7,12H2,1-3H3,(H,18,19)/t17-/m0/s1. The lowest BCUT2D eigenvalue weighted by Crippen LogP contribution is -2.43. The van der Waals surface area contributed by atoms with Gasteiger partial charge in [0.1, 0.15) is 11.4 Å². The second-order valence-corrected chi connectivity index (χ2v) is 5.77. The topological polar surface area (TPSA) is 47.6 Å². The molecule has 1 aliphatic carbocycles. The van der Waals surface area contributed by atoms with Crippen LogP contribution in [0.1, 0.15) is 39.5 Å². The zero-order chi connectivity index (χ0) is 15.3. The van der Waals surface area contributed by atoms with E-state index < -0.39 is 5.60 Å². The molecule has 1 aliphatic rings. The van der Waals surface area contributed by atoms with Crippen LogP contribution >= 0.6 is 0 Å². The molecule has 1 aromatic carbocycles. The van der Waals surface area contributed by atoms with Gasteiger partial charge in [0.15, 0.2) is 0 Å². The highest BCUT2D eigenvalue weighted by Gasteiger charge is 2.47. The molecule has 0 heterocycles. The molecule has 2 rings (SSSR count). The van der Waals surface area contributed by atoms with Crippen LogP contribution in [-0.2, 0) is 9.53 Å². The van der Waals surface area contributed by atoms with E-state index in [1.165, 1.54) is 0 Å². The molecule has 4 heteroatoms. The largest absolute Gasteiger partial charge is 0.494 e. The van der Waals surface area contributed by atoms with Crippen LogP contribution in [0.2, 0.25) is 0 Å². The Hall–Kier alpha value is -1.55. The number of hydrogen-bond donors (Lipinski definition) is 1. The third-order valence-corrected chi connectivity index (χ3v) is 4.11. The summed E-state index contributed by atoms with van der Waals surface area (Å²) < 4.78 is 11.1. The van der Waals surface area contributed by atoms with Crippen molar-refractivity contribution in [2.24, 2.45) is 5.92 Å². The van der Waals surface area contributed by atoms with Gasteiger partial charge in [0.05, 0.1) is 6.61 Å². The fraction of sp³-hybridized carbons (Fsp3) is 0.588. The van der Waals surface area contributed by atoms with Gasteiger partial charge in [-0.15, -0.1) is 0 Å². The average molecular weight is 291 g/mol. The lowest BCUT2D eigenvalue weighted by atomic mass is 9.99. The molecule has 0 unspecified atom stereocenters. The first-order chi connectivity index (χ1) is 10.1. The molecule has 0 aliphatic heterocycles. The van der Waals surface area contributed by atoms with Crippen molar-refractivity contribution in [2.45, 2.75) is 45.1 Å². The molecule has 4 nitrogen and oxygen atoms in total. The summed E-state index contributed by atoms with van der Waals surface area (Å²) >= 11 is 0. The van der Waals surface area contributed by atoms with Crippen molar-refractivity contribution in [3.63, 3.8) is 0 Å². The van der Waals surface area contributed by atoms with E-state index in [0.29, 0.717) is 5.92 Å². The number of amides is 1. The van der Waals surface area contributed by atoms with Crippen LogP contribution in [-0.4, -0.2) is 25.2 Å². The van der Waals surface area contributed by atoms with Crippen LogP contribution in [0, 0.1) is 5.92 Å². The fourth-order valence-electron chi connectivity index (χ4n) is 2.30. The van der Waals surface area contributed by atoms with Crippen molar-refractivity contribution in [3.8, 4) is 5.75 Å². The zero-order valence-corrected chi connectivity index (χ0v) is 13.1. The van der Waals surface area contributed by atoms with Gasteiger partial charge in [-0.1, -0.05) is 13.3 Å². The summed E-state index contributed by atoms with van der Waals surface area (Å²) in [4.78, 5) is 12.4. The third-order valence-electron chi connectivity index (χ3n) is 4.11. The predicted molar refractivity (Wildman–Crippen MR) is 83.6 cm³/mol. The van der Waals surface area contributed by atoms with E-state index in [4.69, 9.17) is 9.47 Å². The van der Waals surface area contributed by atoms with E-state index in [1.807, 2.05) is 31.2 Å². The van der Waals surface area contributed by atoms with Crippen LogP contribution in [0.5, 0.6) is 5.75 Å². The quantitative estimate of drug-likeness (QED) is 0.744. The highest BCUT2D eigenvalue weighted by molar-refractivity contribution is 5.97. The van der Waals surface area contributed by atoms with Gasteiger partial charge in [-0.2, -0.15) is 0 Å². The zero-order valence-electron chi connectivity index (χ0n) is 13.1. The van der Waals surface area contributed by atoms with Crippen molar-refractivity contribution < 1.29 is 14.3 Å². The Labute approximate surface area is 126 Å². The summed E-state index contributed by atoms with van der Waals surface area (Å²) in [6.07, 6.45) is 4.28. The number of methoxy groups -OCH3 is 1.